The Labute approximate surface area is 316 Å². The largest absolute Gasteiger partial charge is 0.309 e. The van der Waals surface area contributed by atoms with Gasteiger partial charge in [-0.2, -0.15) is 0 Å². The fourth-order valence-corrected chi connectivity index (χ4v) is 8.73. The molecule has 9 aromatic rings. The van der Waals surface area contributed by atoms with Crippen LogP contribution in [0.4, 0.5) is 0 Å². The number of para-hydroxylation sites is 1. The molecule has 54 heavy (non-hydrogen) atoms. The van der Waals surface area contributed by atoms with Crippen molar-refractivity contribution in [2.75, 3.05) is 0 Å². The summed E-state index contributed by atoms with van der Waals surface area (Å²) in [4.78, 5) is 0. The molecule has 0 N–H and O–H groups in total. The Morgan fingerprint density at radius 1 is 0.481 bits per heavy atom. The van der Waals surface area contributed by atoms with Crippen molar-refractivity contribution in [2.24, 2.45) is 0 Å². The van der Waals surface area contributed by atoms with Gasteiger partial charge >= 0.3 is 0 Å². The zero-order chi connectivity index (χ0) is 36.4. The third-order valence-corrected chi connectivity index (χ3v) is 11.9. The molecule has 0 spiro atoms. The molecule has 0 saturated carbocycles. The molecule has 0 aliphatic carbocycles. The summed E-state index contributed by atoms with van der Waals surface area (Å²) >= 11 is 0. The van der Waals surface area contributed by atoms with Crippen LogP contribution >= 0.6 is 0 Å². The van der Waals surface area contributed by atoms with Crippen LogP contribution in [0.3, 0.4) is 0 Å². The Morgan fingerprint density at radius 3 is 1.70 bits per heavy atom. The molecule has 8 aromatic carbocycles. The first kappa shape index (κ1) is 32.2. The van der Waals surface area contributed by atoms with Crippen LogP contribution in [-0.4, -0.2) is 4.57 Å². The van der Waals surface area contributed by atoms with Gasteiger partial charge in [0.1, 0.15) is 0 Å². The van der Waals surface area contributed by atoms with E-state index in [-0.39, 0.29) is 5.41 Å². The first-order valence-electron chi connectivity index (χ1n) is 19.1. The molecule has 0 saturated heterocycles. The highest BCUT2D eigenvalue weighted by Gasteiger charge is 2.32. The quantitative estimate of drug-likeness (QED) is 0.169. The van der Waals surface area contributed by atoms with E-state index in [0.717, 1.165) is 6.42 Å². The Balaban J connectivity index is 1.13. The van der Waals surface area contributed by atoms with Gasteiger partial charge in [0.2, 0.25) is 0 Å². The smallest absolute Gasteiger partial charge is 0.0541 e. The van der Waals surface area contributed by atoms with Crippen LogP contribution in [0.2, 0.25) is 0 Å². The normalized spacial score (nSPS) is 13.8. The Morgan fingerprint density at radius 2 is 1.02 bits per heavy atom. The van der Waals surface area contributed by atoms with E-state index in [1.54, 1.807) is 0 Å². The molecule has 1 aliphatic heterocycles. The zero-order valence-corrected chi connectivity index (χ0v) is 31.0. The minimum atomic E-state index is -0.101. The van der Waals surface area contributed by atoms with Gasteiger partial charge in [-0.25, -0.2) is 0 Å². The second kappa shape index (κ2) is 12.6. The van der Waals surface area contributed by atoms with Gasteiger partial charge in [0.05, 0.1) is 16.6 Å². The third kappa shape index (κ3) is 5.31. The molecular weight excluding hydrogens is 651 g/mol. The van der Waals surface area contributed by atoms with Gasteiger partial charge in [0, 0.05) is 16.0 Å². The van der Waals surface area contributed by atoms with Crippen LogP contribution in [0.5, 0.6) is 0 Å². The monoisotopic (exact) mass is 691 g/mol. The number of nitrogens with zero attached hydrogens (tertiary/aromatic N) is 1. The van der Waals surface area contributed by atoms with Crippen LogP contribution in [-0.2, 0) is 11.8 Å². The molecule has 2 heterocycles. The number of aromatic nitrogens is 1. The molecule has 10 rings (SSSR count). The van der Waals surface area contributed by atoms with Crippen molar-refractivity contribution in [3.8, 4) is 39.1 Å². The minimum absolute atomic E-state index is 0.101. The van der Waals surface area contributed by atoms with Gasteiger partial charge < -0.3 is 4.57 Å². The molecule has 1 aliphatic rings. The van der Waals surface area contributed by atoms with Gasteiger partial charge in [-0.1, -0.05) is 159 Å². The topological polar surface area (TPSA) is 4.93 Å². The lowest BCUT2D eigenvalue weighted by Gasteiger charge is -2.33. The van der Waals surface area contributed by atoms with Crippen LogP contribution in [0, 0.1) is 0 Å². The lowest BCUT2D eigenvalue weighted by Crippen LogP contribution is -2.41. The van der Waals surface area contributed by atoms with Crippen LogP contribution in [0.25, 0.3) is 83.2 Å². The molecule has 0 bridgehead atoms. The second-order valence-corrected chi connectivity index (χ2v) is 15.4. The minimum Gasteiger partial charge on any atom is -0.309 e. The van der Waals surface area contributed by atoms with E-state index >= 15 is 0 Å². The maximum Gasteiger partial charge on any atom is 0.0541 e. The molecule has 0 atom stereocenters. The highest BCUT2D eigenvalue weighted by molar-refractivity contribution is 5.92. The van der Waals surface area contributed by atoms with Crippen molar-refractivity contribution in [1.82, 2.24) is 4.57 Å². The SMILES string of the molecule is CC1=c2/c(=C\Cc3cccc(-c4ccc5ccccc5c4)c3)c3cc(-c4cccc(-c5ccc6ccccc6c5)c4)ccc3n2-c2ccccc2C1(C)C. The number of rotatable bonds is 5. The lowest BCUT2D eigenvalue weighted by atomic mass is 9.75. The van der Waals surface area contributed by atoms with Gasteiger partial charge in [0.25, 0.3) is 0 Å². The predicted octanol–water partition coefficient (Wildman–Crippen LogP) is 12.4. The van der Waals surface area contributed by atoms with Crippen molar-refractivity contribution in [1.29, 1.82) is 0 Å². The average Bonchev–Trinajstić information content (AvgIpc) is 3.55. The molecule has 0 fully saturated rings. The summed E-state index contributed by atoms with van der Waals surface area (Å²) in [6.45, 7) is 7.10. The molecule has 0 radical (unpaired) electrons. The van der Waals surface area contributed by atoms with Crippen molar-refractivity contribution in [3.63, 3.8) is 0 Å². The fraction of sp³-hybridized carbons (Fsp3) is 0.0943. The van der Waals surface area contributed by atoms with Gasteiger partial charge in [-0.3, -0.25) is 0 Å². The standard InChI is InChI=1S/C53H41N/c1-35-52-47(28-22-36-12-10-17-39(30-36)44-25-23-37-13-4-6-15-40(37)31-44)48-34-46(27-29-50(48)54(52)51-21-9-8-20-49(51)53(35,2)3)43-19-11-18-42(33-43)45-26-24-38-14-5-7-16-41(38)32-45/h4-21,23-34H,22H2,1-3H3/b47-28-. The molecule has 258 valence electrons. The summed E-state index contributed by atoms with van der Waals surface area (Å²) in [5.74, 6) is 0. The molecule has 1 nitrogen and oxygen atoms in total. The van der Waals surface area contributed by atoms with E-state index in [1.807, 2.05) is 0 Å². The van der Waals surface area contributed by atoms with Crippen LogP contribution in [0.1, 0.15) is 31.9 Å². The predicted molar refractivity (Wildman–Crippen MR) is 231 cm³/mol. The van der Waals surface area contributed by atoms with Crippen LogP contribution < -0.4 is 10.6 Å². The fourth-order valence-electron chi connectivity index (χ4n) is 8.73. The number of fused-ring (bicyclic) bond motifs is 7. The summed E-state index contributed by atoms with van der Waals surface area (Å²) in [5, 5.41) is 8.99. The highest BCUT2D eigenvalue weighted by atomic mass is 15.0. The molecule has 0 unspecified atom stereocenters. The van der Waals surface area contributed by atoms with E-state index in [0.29, 0.717) is 0 Å². The number of hydrogen-bond donors (Lipinski definition) is 0. The van der Waals surface area contributed by atoms with Gasteiger partial charge in [-0.05, 0) is 121 Å². The molecule has 1 aromatic heterocycles. The summed E-state index contributed by atoms with van der Waals surface area (Å²) < 4.78 is 2.53. The first-order valence-corrected chi connectivity index (χ1v) is 19.1. The Kier molecular flexibility index (Phi) is 7.52. The van der Waals surface area contributed by atoms with E-state index in [1.165, 1.54) is 98.8 Å². The third-order valence-electron chi connectivity index (χ3n) is 11.9. The summed E-state index contributed by atoms with van der Waals surface area (Å²) in [5.41, 5.74) is 13.9. The van der Waals surface area contributed by atoms with Crippen molar-refractivity contribution < 1.29 is 0 Å². The maximum absolute atomic E-state index is 2.53. The summed E-state index contributed by atoms with van der Waals surface area (Å²) in [6.07, 6.45) is 3.32. The maximum atomic E-state index is 2.53. The highest BCUT2D eigenvalue weighted by Crippen LogP contribution is 2.39. The molecule has 0 amide bonds. The van der Waals surface area contributed by atoms with E-state index < -0.39 is 0 Å². The second-order valence-electron chi connectivity index (χ2n) is 15.4. The zero-order valence-electron chi connectivity index (χ0n) is 31.0. The van der Waals surface area contributed by atoms with E-state index in [9.17, 15) is 0 Å². The van der Waals surface area contributed by atoms with Crippen molar-refractivity contribution in [3.05, 3.63) is 198 Å². The average molecular weight is 692 g/mol. The van der Waals surface area contributed by atoms with Crippen molar-refractivity contribution in [2.45, 2.75) is 32.6 Å². The van der Waals surface area contributed by atoms with Gasteiger partial charge in [0.15, 0.2) is 0 Å². The molecule has 1 heteroatoms. The first-order chi connectivity index (χ1) is 26.4. The number of benzene rings is 8. The lowest BCUT2D eigenvalue weighted by molar-refractivity contribution is 0.656. The van der Waals surface area contributed by atoms with E-state index in [4.69, 9.17) is 0 Å². The number of hydrogen-bond acceptors (Lipinski definition) is 0. The Hall–Kier alpha value is -6.44. The Bertz CT molecular complexity index is 3060. The summed E-state index contributed by atoms with van der Waals surface area (Å²) in [7, 11) is 0. The van der Waals surface area contributed by atoms with Gasteiger partial charge in [-0.15, -0.1) is 0 Å². The molecular formula is C53H41N. The summed E-state index contributed by atoms with van der Waals surface area (Å²) in [6, 6.07) is 64.9. The van der Waals surface area contributed by atoms with Crippen molar-refractivity contribution >= 4 is 44.1 Å². The van der Waals surface area contributed by atoms with E-state index in [2.05, 4.69) is 207 Å². The van der Waals surface area contributed by atoms with Crippen LogP contribution in [0.15, 0.2) is 176 Å².